The fourth-order valence-corrected chi connectivity index (χ4v) is 2.49. The van der Waals surface area contributed by atoms with Crippen LogP contribution in [-0.4, -0.2) is 13.2 Å². The van der Waals surface area contributed by atoms with Gasteiger partial charge in [-0.05, 0) is 30.2 Å². The number of fused-ring (bicyclic) bond motifs is 1. The summed E-state index contributed by atoms with van der Waals surface area (Å²) < 4.78 is 11.6. The lowest BCUT2D eigenvalue weighted by Gasteiger charge is -2.14. The Kier molecular flexibility index (Phi) is 4.29. The second-order valence-electron chi connectivity index (χ2n) is 5.20. The predicted octanol–water partition coefficient (Wildman–Crippen LogP) is 4.02. The third-order valence-corrected chi connectivity index (χ3v) is 3.67. The first-order valence-electron chi connectivity index (χ1n) is 7.57. The molecule has 3 nitrogen and oxygen atoms in total. The highest BCUT2D eigenvalue weighted by Gasteiger charge is 2.14. The van der Waals surface area contributed by atoms with Crippen LogP contribution in [0.1, 0.15) is 24.5 Å². The Morgan fingerprint density at radius 1 is 1.05 bits per heavy atom. The molecule has 0 radical (unpaired) electrons. The SMILES string of the molecule is CCc1cccc(NCc2cccc3c2OCCCO3)c1. The summed E-state index contributed by atoms with van der Waals surface area (Å²) in [4.78, 5) is 0. The standard InChI is InChI=1S/C18H21NO2/c1-2-14-6-3-8-16(12-14)19-13-15-7-4-9-17-18(15)21-11-5-10-20-17/h3-4,6-9,12,19H,2,5,10-11,13H2,1H3. The Morgan fingerprint density at radius 3 is 2.81 bits per heavy atom. The van der Waals surface area contributed by atoms with Gasteiger partial charge in [0.15, 0.2) is 11.5 Å². The third-order valence-electron chi connectivity index (χ3n) is 3.67. The van der Waals surface area contributed by atoms with Gasteiger partial charge in [-0.3, -0.25) is 0 Å². The van der Waals surface area contributed by atoms with Gasteiger partial charge in [-0.2, -0.15) is 0 Å². The minimum absolute atomic E-state index is 0.718. The Labute approximate surface area is 125 Å². The Bertz CT molecular complexity index is 610. The molecule has 2 aromatic carbocycles. The molecule has 0 fully saturated rings. The van der Waals surface area contributed by atoms with Crippen LogP contribution in [0.3, 0.4) is 0 Å². The maximum atomic E-state index is 5.85. The number of rotatable bonds is 4. The fraction of sp³-hybridized carbons (Fsp3) is 0.333. The van der Waals surface area contributed by atoms with Crippen LogP contribution in [0.4, 0.5) is 5.69 Å². The van der Waals surface area contributed by atoms with Crippen molar-refractivity contribution in [2.24, 2.45) is 0 Å². The molecule has 3 rings (SSSR count). The van der Waals surface area contributed by atoms with Gasteiger partial charge in [0, 0.05) is 24.2 Å². The maximum Gasteiger partial charge on any atom is 0.166 e. The highest BCUT2D eigenvalue weighted by Crippen LogP contribution is 2.33. The first-order valence-corrected chi connectivity index (χ1v) is 7.57. The van der Waals surface area contributed by atoms with Gasteiger partial charge < -0.3 is 14.8 Å². The number of nitrogens with one attached hydrogen (secondary N) is 1. The zero-order valence-corrected chi connectivity index (χ0v) is 12.4. The molecule has 1 aliphatic heterocycles. The number of benzene rings is 2. The highest BCUT2D eigenvalue weighted by molar-refractivity contribution is 5.51. The van der Waals surface area contributed by atoms with Gasteiger partial charge in [0.05, 0.1) is 13.2 Å². The van der Waals surface area contributed by atoms with Gasteiger partial charge in [-0.25, -0.2) is 0 Å². The molecule has 0 unspecified atom stereocenters. The average molecular weight is 283 g/mol. The van der Waals surface area contributed by atoms with E-state index in [0.29, 0.717) is 0 Å². The van der Waals surface area contributed by atoms with Crippen molar-refractivity contribution in [1.29, 1.82) is 0 Å². The number of anilines is 1. The van der Waals surface area contributed by atoms with E-state index in [-0.39, 0.29) is 0 Å². The first kappa shape index (κ1) is 13.8. The molecular weight excluding hydrogens is 262 g/mol. The van der Waals surface area contributed by atoms with Crippen molar-refractivity contribution in [2.45, 2.75) is 26.3 Å². The van der Waals surface area contributed by atoms with Crippen LogP contribution in [0.2, 0.25) is 0 Å². The van der Waals surface area contributed by atoms with Crippen molar-refractivity contribution in [3.05, 3.63) is 53.6 Å². The van der Waals surface area contributed by atoms with Crippen LogP contribution in [0.5, 0.6) is 11.5 Å². The van der Waals surface area contributed by atoms with Crippen molar-refractivity contribution in [3.8, 4) is 11.5 Å². The first-order chi connectivity index (χ1) is 10.4. The molecule has 110 valence electrons. The van der Waals surface area contributed by atoms with E-state index in [0.717, 1.165) is 55.4 Å². The van der Waals surface area contributed by atoms with Crippen LogP contribution in [0.25, 0.3) is 0 Å². The summed E-state index contributed by atoms with van der Waals surface area (Å²) in [7, 11) is 0. The number of hydrogen-bond acceptors (Lipinski definition) is 3. The van der Waals surface area contributed by atoms with Crippen LogP contribution in [0.15, 0.2) is 42.5 Å². The number of aryl methyl sites for hydroxylation is 1. The molecule has 1 aliphatic rings. The van der Waals surface area contributed by atoms with Crippen LogP contribution < -0.4 is 14.8 Å². The summed E-state index contributed by atoms with van der Waals surface area (Å²) in [5, 5.41) is 3.47. The molecular formula is C18H21NO2. The minimum Gasteiger partial charge on any atom is -0.490 e. The van der Waals surface area contributed by atoms with Crippen molar-refractivity contribution in [1.82, 2.24) is 0 Å². The molecule has 0 aliphatic carbocycles. The Morgan fingerprint density at radius 2 is 1.90 bits per heavy atom. The smallest absolute Gasteiger partial charge is 0.166 e. The molecule has 0 saturated heterocycles. The van der Waals surface area contributed by atoms with E-state index in [1.54, 1.807) is 0 Å². The van der Waals surface area contributed by atoms with Crippen molar-refractivity contribution in [3.63, 3.8) is 0 Å². The summed E-state index contributed by atoms with van der Waals surface area (Å²) in [6.45, 7) is 4.35. The Balaban J connectivity index is 1.76. The summed E-state index contributed by atoms with van der Waals surface area (Å²) in [5.74, 6) is 1.74. The molecule has 1 N–H and O–H groups in total. The van der Waals surface area contributed by atoms with E-state index in [1.165, 1.54) is 5.56 Å². The molecule has 0 aromatic heterocycles. The lowest BCUT2D eigenvalue weighted by molar-refractivity contribution is 0.296. The van der Waals surface area contributed by atoms with Crippen LogP contribution in [-0.2, 0) is 13.0 Å². The van der Waals surface area contributed by atoms with Crippen LogP contribution >= 0.6 is 0 Å². The largest absolute Gasteiger partial charge is 0.490 e. The van der Waals surface area contributed by atoms with Gasteiger partial charge in [0.1, 0.15) is 0 Å². The van der Waals surface area contributed by atoms with Gasteiger partial charge >= 0.3 is 0 Å². The number of ether oxygens (including phenoxy) is 2. The monoisotopic (exact) mass is 283 g/mol. The molecule has 0 atom stereocenters. The van der Waals surface area contributed by atoms with Crippen LogP contribution in [0, 0.1) is 0 Å². The quantitative estimate of drug-likeness (QED) is 0.919. The van der Waals surface area contributed by atoms with E-state index in [4.69, 9.17) is 9.47 Å². The van der Waals surface area contributed by atoms with Crippen molar-refractivity contribution >= 4 is 5.69 Å². The maximum absolute atomic E-state index is 5.85. The number of para-hydroxylation sites is 1. The molecule has 0 bridgehead atoms. The summed E-state index contributed by atoms with van der Waals surface area (Å²) in [5.41, 5.74) is 3.62. The van der Waals surface area contributed by atoms with E-state index >= 15 is 0 Å². The molecule has 1 heterocycles. The van der Waals surface area contributed by atoms with Crippen molar-refractivity contribution in [2.75, 3.05) is 18.5 Å². The van der Waals surface area contributed by atoms with Gasteiger partial charge in [-0.15, -0.1) is 0 Å². The third kappa shape index (κ3) is 3.30. The van der Waals surface area contributed by atoms with Gasteiger partial charge in [0.25, 0.3) is 0 Å². The summed E-state index contributed by atoms with van der Waals surface area (Å²) in [6, 6.07) is 14.6. The highest BCUT2D eigenvalue weighted by atomic mass is 16.5. The predicted molar refractivity (Wildman–Crippen MR) is 85.2 cm³/mol. The lowest BCUT2D eigenvalue weighted by atomic mass is 10.1. The minimum atomic E-state index is 0.718. The van der Waals surface area contributed by atoms with E-state index in [2.05, 4.69) is 42.6 Å². The van der Waals surface area contributed by atoms with Gasteiger partial charge in [0.2, 0.25) is 0 Å². The fourth-order valence-electron chi connectivity index (χ4n) is 2.49. The van der Waals surface area contributed by atoms with E-state index < -0.39 is 0 Å². The van der Waals surface area contributed by atoms with E-state index in [1.807, 2.05) is 12.1 Å². The molecule has 0 spiro atoms. The second-order valence-corrected chi connectivity index (χ2v) is 5.20. The Hall–Kier alpha value is -2.16. The van der Waals surface area contributed by atoms with E-state index in [9.17, 15) is 0 Å². The molecule has 21 heavy (non-hydrogen) atoms. The average Bonchev–Trinajstić information content (AvgIpc) is 2.79. The molecule has 0 saturated carbocycles. The molecule has 2 aromatic rings. The summed E-state index contributed by atoms with van der Waals surface area (Å²) >= 11 is 0. The summed E-state index contributed by atoms with van der Waals surface area (Å²) in [6.07, 6.45) is 1.98. The van der Waals surface area contributed by atoms with Gasteiger partial charge in [-0.1, -0.05) is 31.2 Å². The lowest BCUT2D eigenvalue weighted by Crippen LogP contribution is -2.03. The molecule has 3 heteroatoms. The zero-order valence-electron chi connectivity index (χ0n) is 12.4. The second kappa shape index (κ2) is 6.53. The topological polar surface area (TPSA) is 30.5 Å². The zero-order chi connectivity index (χ0) is 14.5. The normalized spacial score (nSPS) is 13.6. The number of hydrogen-bond donors (Lipinski definition) is 1. The molecule has 0 amide bonds. The van der Waals surface area contributed by atoms with Crippen molar-refractivity contribution < 1.29 is 9.47 Å².